The third-order valence-electron chi connectivity index (χ3n) is 10.9. The van der Waals surface area contributed by atoms with Gasteiger partial charge >= 0.3 is 0 Å². The summed E-state index contributed by atoms with van der Waals surface area (Å²) >= 11 is 0. The Labute approximate surface area is 291 Å². The Hall–Kier alpha value is -6.25. The van der Waals surface area contributed by atoms with Crippen molar-refractivity contribution in [3.05, 3.63) is 181 Å². The number of pyridine rings is 1. The van der Waals surface area contributed by atoms with Crippen LogP contribution in [-0.4, -0.2) is 9.55 Å². The highest BCUT2D eigenvalue weighted by molar-refractivity contribution is 6.09. The first-order chi connectivity index (χ1) is 24.5. The van der Waals surface area contributed by atoms with Gasteiger partial charge in [0.05, 0.1) is 16.6 Å². The normalized spacial score (nSPS) is 13.2. The molecule has 10 rings (SSSR count). The molecule has 2 heterocycles. The lowest BCUT2D eigenvalue weighted by molar-refractivity contribution is 0.661. The van der Waals surface area contributed by atoms with Crippen LogP contribution in [0, 0.1) is 0 Å². The number of para-hydroxylation sites is 3. The van der Waals surface area contributed by atoms with Crippen molar-refractivity contribution in [2.75, 3.05) is 0 Å². The van der Waals surface area contributed by atoms with Crippen LogP contribution in [0.3, 0.4) is 0 Å². The molecule has 2 aromatic heterocycles. The maximum absolute atomic E-state index is 4.67. The van der Waals surface area contributed by atoms with Crippen LogP contribution in [0.4, 0.5) is 0 Å². The summed E-state index contributed by atoms with van der Waals surface area (Å²) in [5.41, 5.74) is 17.2. The van der Waals surface area contributed by atoms with Gasteiger partial charge in [-0.2, -0.15) is 0 Å². The third-order valence-corrected chi connectivity index (χ3v) is 10.9. The number of hydrogen-bond donors (Lipinski definition) is 0. The molecule has 9 aromatic rings. The fraction of sp³-hybridized carbons (Fsp3) is 0.0625. The molecule has 0 spiro atoms. The van der Waals surface area contributed by atoms with Crippen LogP contribution in [-0.2, 0) is 5.41 Å². The molecule has 2 nitrogen and oxygen atoms in total. The van der Waals surface area contributed by atoms with E-state index < -0.39 is 0 Å². The molecule has 7 aromatic carbocycles. The first kappa shape index (κ1) is 28.7. The van der Waals surface area contributed by atoms with E-state index in [2.05, 4.69) is 181 Å². The highest BCUT2D eigenvalue weighted by Gasteiger charge is 2.35. The number of fused-ring (bicyclic) bond motifs is 7. The topological polar surface area (TPSA) is 17.8 Å². The highest BCUT2D eigenvalue weighted by Crippen LogP contribution is 2.50. The molecule has 0 atom stereocenters. The van der Waals surface area contributed by atoms with Gasteiger partial charge < -0.3 is 4.57 Å². The highest BCUT2D eigenvalue weighted by atomic mass is 15.0. The van der Waals surface area contributed by atoms with Crippen molar-refractivity contribution in [3.63, 3.8) is 0 Å². The molecular formula is C48H34N2. The first-order valence-corrected chi connectivity index (χ1v) is 17.4. The third kappa shape index (κ3) is 4.38. The molecule has 1 aliphatic carbocycles. The molecule has 0 N–H and O–H groups in total. The minimum Gasteiger partial charge on any atom is -0.309 e. The lowest BCUT2D eigenvalue weighted by atomic mass is 9.81. The summed E-state index contributed by atoms with van der Waals surface area (Å²) in [5.74, 6) is 0. The van der Waals surface area contributed by atoms with E-state index in [4.69, 9.17) is 0 Å². The summed E-state index contributed by atoms with van der Waals surface area (Å²) in [6.07, 6.45) is 1.97. The smallest absolute Gasteiger partial charge is 0.0702 e. The fourth-order valence-corrected chi connectivity index (χ4v) is 8.18. The molecule has 0 amide bonds. The van der Waals surface area contributed by atoms with E-state index in [1.807, 2.05) is 12.3 Å². The van der Waals surface area contributed by atoms with E-state index in [0.29, 0.717) is 0 Å². The summed E-state index contributed by atoms with van der Waals surface area (Å²) in [6.45, 7) is 4.73. The second-order valence-electron chi connectivity index (χ2n) is 14.1. The lowest BCUT2D eigenvalue weighted by Gasteiger charge is -2.22. The molecule has 0 unspecified atom stereocenters. The standard InChI is InChI=1S/C48H34N2/c1-48(2)43-28-34(31-15-17-33(18-16-31)37-27-36-9-3-6-12-45(36)49-30-37)21-25-39(43)40-26-22-35(29-44(40)48)32-19-23-38(24-20-32)50-46-13-7-4-10-41(46)42-11-5-8-14-47(42)50/h3-30H,1-2H3. The maximum Gasteiger partial charge on any atom is 0.0702 e. The molecule has 2 heteroatoms. The second-order valence-corrected chi connectivity index (χ2v) is 14.1. The zero-order valence-corrected chi connectivity index (χ0v) is 28.1. The monoisotopic (exact) mass is 638 g/mol. The van der Waals surface area contributed by atoms with E-state index in [1.165, 1.54) is 77.6 Å². The van der Waals surface area contributed by atoms with Gasteiger partial charge in [-0.15, -0.1) is 0 Å². The SMILES string of the molecule is CC1(C)c2cc(-c3ccc(-c4cnc5ccccc5c4)cc3)ccc2-c2ccc(-c3ccc(-n4c5ccccc5c5ccccc54)cc3)cc21. The number of benzene rings is 7. The summed E-state index contributed by atoms with van der Waals surface area (Å²) < 4.78 is 2.38. The van der Waals surface area contributed by atoms with Gasteiger partial charge in [0.1, 0.15) is 0 Å². The molecule has 0 fully saturated rings. The van der Waals surface area contributed by atoms with Crippen LogP contribution in [0.1, 0.15) is 25.0 Å². The molecule has 1 aliphatic rings. The Morgan fingerprint density at radius 1 is 0.440 bits per heavy atom. The molecule has 0 saturated heterocycles. The van der Waals surface area contributed by atoms with E-state index in [9.17, 15) is 0 Å². The number of rotatable bonds is 4. The van der Waals surface area contributed by atoms with Gasteiger partial charge in [0.15, 0.2) is 0 Å². The summed E-state index contributed by atoms with van der Waals surface area (Å²) in [4.78, 5) is 4.67. The average Bonchev–Trinajstić information content (AvgIpc) is 3.63. The zero-order valence-electron chi connectivity index (χ0n) is 28.1. The predicted molar refractivity (Wildman–Crippen MR) is 210 cm³/mol. The van der Waals surface area contributed by atoms with Gasteiger partial charge in [-0.3, -0.25) is 4.98 Å². The summed E-state index contributed by atoms with van der Waals surface area (Å²) in [5, 5.41) is 3.73. The zero-order chi connectivity index (χ0) is 33.4. The Morgan fingerprint density at radius 2 is 0.920 bits per heavy atom. The summed E-state index contributed by atoms with van der Waals surface area (Å²) in [7, 11) is 0. The van der Waals surface area contributed by atoms with E-state index in [1.54, 1.807) is 0 Å². The minimum absolute atomic E-state index is 0.115. The number of nitrogens with zero attached hydrogens (tertiary/aromatic N) is 2. The Kier molecular flexibility index (Phi) is 6.25. The Balaban J connectivity index is 0.959. The Bertz CT molecular complexity index is 2710. The minimum atomic E-state index is -0.115. The van der Waals surface area contributed by atoms with E-state index in [-0.39, 0.29) is 5.41 Å². The largest absolute Gasteiger partial charge is 0.309 e. The molecule has 236 valence electrons. The van der Waals surface area contributed by atoms with Gasteiger partial charge in [-0.25, -0.2) is 0 Å². The van der Waals surface area contributed by atoms with Crippen molar-refractivity contribution >= 4 is 32.7 Å². The van der Waals surface area contributed by atoms with Crippen LogP contribution in [0.15, 0.2) is 170 Å². The maximum atomic E-state index is 4.67. The van der Waals surface area contributed by atoms with Crippen molar-refractivity contribution < 1.29 is 0 Å². The molecule has 0 radical (unpaired) electrons. The van der Waals surface area contributed by atoms with Crippen molar-refractivity contribution in [1.82, 2.24) is 9.55 Å². The van der Waals surface area contributed by atoms with Crippen LogP contribution in [0.25, 0.3) is 82.9 Å². The molecule has 50 heavy (non-hydrogen) atoms. The van der Waals surface area contributed by atoms with Crippen molar-refractivity contribution in [2.24, 2.45) is 0 Å². The van der Waals surface area contributed by atoms with E-state index in [0.717, 1.165) is 16.5 Å². The van der Waals surface area contributed by atoms with Crippen molar-refractivity contribution in [2.45, 2.75) is 19.3 Å². The fourth-order valence-electron chi connectivity index (χ4n) is 8.18. The van der Waals surface area contributed by atoms with Crippen molar-refractivity contribution in [1.29, 1.82) is 0 Å². The Morgan fingerprint density at radius 3 is 1.52 bits per heavy atom. The number of aromatic nitrogens is 2. The van der Waals surface area contributed by atoms with Crippen LogP contribution < -0.4 is 0 Å². The summed E-state index contributed by atoms with van der Waals surface area (Å²) in [6, 6.07) is 59.9. The number of hydrogen-bond acceptors (Lipinski definition) is 1. The van der Waals surface area contributed by atoms with Crippen LogP contribution in [0.2, 0.25) is 0 Å². The predicted octanol–water partition coefficient (Wildman–Crippen LogP) is 12.6. The lowest BCUT2D eigenvalue weighted by Crippen LogP contribution is -2.15. The molecule has 0 aliphatic heterocycles. The van der Waals surface area contributed by atoms with Crippen LogP contribution >= 0.6 is 0 Å². The quantitative estimate of drug-likeness (QED) is 0.188. The van der Waals surface area contributed by atoms with Gasteiger partial charge in [0.25, 0.3) is 0 Å². The molecule has 0 saturated carbocycles. The average molecular weight is 639 g/mol. The first-order valence-electron chi connectivity index (χ1n) is 17.4. The van der Waals surface area contributed by atoms with Crippen molar-refractivity contribution in [3.8, 4) is 50.2 Å². The molecular weight excluding hydrogens is 605 g/mol. The van der Waals surface area contributed by atoms with Gasteiger partial charge in [0.2, 0.25) is 0 Å². The van der Waals surface area contributed by atoms with Gasteiger partial charge in [-0.05, 0) is 98.6 Å². The van der Waals surface area contributed by atoms with Gasteiger partial charge in [-0.1, -0.05) is 129 Å². The van der Waals surface area contributed by atoms with E-state index >= 15 is 0 Å². The molecule has 0 bridgehead atoms. The van der Waals surface area contributed by atoms with Gasteiger partial charge in [0, 0.05) is 39.0 Å². The van der Waals surface area contributed by atoms with Crippen LogP contribution in [0.5, 0.6) is 0 Å². The second kappa shape index (κ2) is 10.9.